The smallest absolute Gasteiger partial charge is 0.297 e. The van der Waals surface area contributed by atoms with E-state index in [2.05, 4.69) is 26.0 Å². The Bertz CT molecular complexity index is 674. The average Bonchev–Trinajstić information content (AvgIpc) is 2.84. The van der Waals surface area contributed by atoms with Gasteiger partial charge >= 0.3 is 0 Å². The number of carbonyl (C=O) groups excluding carboxylic acids is 1. The molecule has 1 heterocycles. The molecule has 1 amide bonds. The van der Waals surface area contributed by atoms with Gasteiger partial charge in [0.1, 0.15) is 11.4 Å². The van der Waals surface area contributed by atoms with Crippen molar-refractivity contribution >= 4 is 33.2 Å². The zero-order valence-corrected chi connectivity index (χ0v) is 13.2. The van der Waals surface area contributed by atoms with E-state index in [9.17, 15) is 14.9 Å². The molecule has 1 aromatic rings. The first-order valence-corrected chi connectivity index (χ1v) is 7.10. The first-order valence-electron chi connectivity index (χ1n) is 6.31. The topological polar surface area (TPSA) is 121 Å². The summed E-state index contributed by atoms with van der Waals surface area (Å²) < 4.78 is 5.41. The molecule has 2 rings (SSSR count). The zero-order valence-electron chi connectivity index (χ0n) is 11.6. The molecule has 0 bridgehead atoms. The lowest BCUT2D eigenvalue weighted by molar-refractivity contribution is -0.384. The van der Waals surface area contributed by atoms with Crippen LogP contribution < -0.4 is 9.64 Å². The Balaban J connectivity index is 2.41. The molecule has 9 nitrogen and oxygen atoms in total. The molecule has 1 fully saturated rings. The van der Waals surface area contributed by atoms with Gasteiger partial charge in [0.05, 0.1) is 22.6 Å². The number of amides is 1. The van der Waals surface area contributed by atoms with Crippen LogP contribution in [-0.4, -0.2) is 31.0 Å². The molecule has 1 unspecified atom stereocenters. The fraction of sp³-hybridized carbons (Fsp3) is 0.417. The molecule has 0 spiro atoms. The number of azide groups is 1. The molecule has 22 heavy (non-hydrogen) atoms. The van der Waals surface area contributed by atoms with Gasteiger partial charge in [-0.15, -0.1) is 0 Å². The predicted molar refractivity (Wildman–Crippen MR) is 81.8 cm³/mol. The Morgan fingerprint density at radius 1 is 1.64 bits per heavy atom. The molecule has 10 heteroatoms. The second-order valence-corrected chi connectivity index (χ2v) is 5.58. The molecular formula is C12H12BrN5O4. The van der Waals surface area contributed by atoms with Gasteiger partial charge in [0, 0.05) is 24.4 Å². The van der Waals surface area contributed by atoms with Gasteiger partial charge in [0.2, 0.25) is 5.91 Å². The van der Waals surface area contributed by atoms with E-state index in [1.165, 1.54) is 18.1 Å². The standard InChI is InChI=1S/C12H12BrN5O4/c1-22-8-3-9(13)12(10(4-8)18(20)21)17-6-7(2-11(17)19)5-15-16-14/h3-4,7H,2,5-6H2,1H3. The summed E-state index contributed by atoms with van der Waals surface area (Å²) in [5.74, 6) is -0.0799. The largest absolute Gasteiger partial charge is 0.496 e. The first kappa shape index (κ1) is 16.1. The van der Waals surface area contributed by atoms with Gasteiger partial charge in [-0.1, -0.05) is 5.11 Å². The van der Waals surface area contributed by atoms with Crippen LogP contribution in [0.3, 0.4) is 0 Å². The molecule has 1 aromatic carbocycles. The van der Waals surface area contributed by atoms with Crippen molar-refractivity contribution in [2.24, 2.45) is 11.0 Å². The SMILES string of the molecule is COc1cc(Br)c(N2CC(CN=[N+]=[N-])CC2=O)c([N+](=O)[O-])c1. The summed E-state index contributed by atoms with van der Waals surface area (Å²) in [7, 11) is 1.40. The highest BCUT2D eigenvalue weighted by Crippen LogP contribution is 2.41. The second kappa shape index (κ2) is 6.63. The van der Waals surface area contributed by atoms with E-state index in [0.29, 0.717) is 10.2 Å². The number of carbonyl (C=O) groups is 1. The number of nitrogens with zero attached hydrogens (tertiary/aromatic N) is 5. The van der Waals surface area contributed by atoms with Crippen LogP contribution in [0.25, 0.3) is 10.4 Å². The summed E-state index contributed by atoms with van der Waals surface area (Å²) in [4.78, 5) is 26.9. The number of ether oxygens (including phenoxy) is 1. The lowest BCUT2D eigenvalue weighted by Crippen LogP contribution is -2.26. The normalized spacial score (nSPS) is 17.3. The van der Waals surface area contributed by atoms with Gasteiger partial charge in [-0.05, 0) is 33.4 Å². The zero-order chi connectivity index (χ0) is 16.3. The third kappa shape index (κ3) is 3.12. The Kier molecular flexibility index (Phi) is 4.84. The summed E-state index contributed by atoms with van der Waals surface area (Å²) >= 11 is 3.26. The molecule has 0 aromatic heterocycles. The van der Waals surface area contributed by atoms with Crippen molar-refractivity contribution in [1.29, 1.82) is 0 Å². The number of benzene rings is 1. The summed E-state index contributed by atoms with van der Waals surface area (Å²) in [6.45, 7) is 0.448. The molecule has 0 radical (unpaired) electrons. The number of nitro benzene ring substituents is 1. The van der Waals surface area contributed by atoms with Crippen LogP contribution in [0.1, 0.15) is 6.42 Å². The maximum absolute atomic E-state index is 12.1. The minimum absolute atomic E-state index is 0.156. The molecule has 116 valence electrons. The number of hydrogen-bond donors (Lipinski definition) is 0. The minimum atomic E-state index is -0.559. The molecule has 0 N–H and O–H groups in total. The van der Waals surface area contributed by atoms with Crippen molar-refractivity contribution < 1.29 is 14.5 Å². The molecule has 1 saturated heterocycles. The van der Waals surface area contributed by atoms with Gasteiger partial charge in [0.15, 0.2) is 0 Å². The van der Waals surface area contributed by atoms with Crippen molar-refractivity contribution in [3.05, 3.63) is 37.2 Å². The summed E-state index contributed by atoms with van der Waals surface area (Å²) in [6.07, 6.45) is 0.189. The first-order chi connectivity index (χ1) is 10.5. The number of methoxy groups -OCH3 is 1. The van der Waals surface area contributed by atoms with Gasteiger partial charge in [-0.25, -0.2) is 0 Å². The third-order valence-electron chi connectivity index (χ3n) is 3.33. The molecule has 0 saturated carbocycles. The predicted octanol–water partition coefficient (Wildman–Crippen LogP) is 3.03. The van der Waals surface area contributed by atoms with E-state index in [1.807, 2.05) is 0 Å². The fourth-order valence-electron chi connectivity index (χ4n) is 2.36. The number of halogens is 1. The van der Waals surface area contributed by atoms with Gasteiger partial charge in [0.25, 0.3) is 5.69 Å². The van der Waals surface area contributed by atoms with Gasteiger partial charge in [-0.2, -0.15) is 0 Å². The lowest BCUT2D eigenvalue weighted by atomic mass is 10.1. The summed E-state index contributed by atoms with van der Waals surface area (Å²) in [6, 6.07) is 2.84. The summed E-state index contributed by atoms with van der Waals surface area (Å²) in [5.41, 5.74) is 8.32. The minimum Gasteiger partial charge on any atom is -0.496 e. The van der Waals surface area contributed by atoms with Crippen LogP contribution in [-0.2, 0) is 4.79 Å². The third-order valence-corrected chi connectivity index (χ3v) is 3.93. The monoisotopic (exact) mass is 369 g/mol. The van der Waals surface area contributed by atoms with Crippen LogP contribution in [0.4, 0.5) is 11.4 Å². The molecule has 0 aliphatic carbocycles. The number of hydrogen-bond acceptors (Lipinski definition) is 5. The highest BCUT2D eigenvalue weighted by Gasteiger charge is 2.35. The fourth-order valence-corrected chi connectivity index (χ4v) is 3.00. The highest BCUT2D eigenvalue weighted by molar-refractivity contribution is 9.10. The van der Waals surface area contributed by atoms with Crippen molar-refractivity contribution in [2.75, 3.05) is 25.1 Å². The van der Waals surface area contributed by atoms with Crippen LogP contribution >= 0.6 is 15.9 Å². The van der Waals surface area contributed by atoms with E-state index in [-0.39, 0.29) is 42.7 Å². The molecular weight excluding hydrogens is 358 g/mol. The van der Waals surface area contributed by atoms with Crippen molar-refractivity contribution in [3.63, 3.8) is 0 Å². The van der Waals surface area contributed by atoms with Crippen LogP contribution in [0, 0.1) is 16.0 Å². The highest BCUT2D eigenvalue weighted by atomic mass is 79.9. The van der Waals surface area contributed by atoms with Crippen molar-refractivity contribution in [2.45, 2.75) is 6.42 Å². The average molecular weight is 370 g/mol. The molecule has 1 atom stereocenters. The Morgan fingerprint density at radius 3 is 2.95 bits per heavy atom. The molecule has 1 aliphatic heterocycles. The van der Waals surface area contributed by atoms with Gasteiger partial charge in [-0.3, -0.25) is 14.9 Å². The number of anilines is 1. The maximum Gasteiger partial charge on any atom is 0.297 e. The maximum atomic E-state index is 12.1. The van der Waals surface area contributed by atoms with E-state index in [1.54, 1.807) is 6.07 Å². The van der Waals surface area contributed by atoms with Crippen LogP contribution in [0.15, 0.2) is 21.7 Å². The number of rotatable bonds is 5. The van der Waals surface area contributed by atoms with E-state index >= 15 is 0 Å². The van der Waals surface area contributed by atoms with Crippen molar-refractivity contribution in [3.8, 4) is 5.75 Å². The van der Waals surface area contributed by atoms with E-state index in [4.69, 9.17) is 10.3 Å². The second-order valence-electron chi connectivity index (χ2n) is 4.72. The quantitative estimate of drug-likeness (QED) is 0.260. The Hall–Kier alpha value is -2.32. The lowest BCUT2D eigenvalue weighted by Gasteiger charge is -2.18. The molecule has 1 aliphatic rings. The van der Waals surface area contributed by atoms with E-state index < -0.39 is 4.92 Å². The van der Waals surface area contributed by atoms with Gasteiger partial charge < -0.3 is 9.64 Å². The van der Waals surface area contributed by atoms with Crippen molar-refractivity contribution in [1.82, 2.24) is 0 Å². The number of nitro groups is 1. The Morgan fingerprint density at radius 2 is 2.36 bits per heavy atom. The Labute approximate surface area is 133 Å². The van der Waals surface area contributed by atoms with Crippen LogP contribution in [0.5, 0.6) is 5.75 Å². The van der Waals surface area contributed by atoms with E-state index in [0.717, 1.165) is 0 Å². The van der Waals surface area contributed by atoms with Crippen LogP contribution in [0.2, 0.25) is 0 Å². The summed E-state index contributed by atoms with van der Waals surface area (Å²) in [5, 5.41) is 14.7.